The number of imidazole rings is 1. The highest BCUT2D eigenvalue weighted by molar-refractivity contribution is 6.00. The molecule has 0 unspecified atom stereocenters. The van der Waals surface area contributed by atoms with Crippen molar-refractivity contribution in [2.75, 3.05) is 13.7 Å². The number of benzene rings is 1. The summed E-state index contributed by atoms with van der Waals surface area (Å²) in [6.07, 6.45) is 5.97. The monoisotopic (exact) mass is 341 g/mol. The molecule has 132 valence electrons. The van der Waals surface area contributed by atoms with Gasteiger partial charge in [0.15, 0.2) is 0 Å². The Balaban J connectivity index is 1.68. The fourth-order valence-electron chi connectivity index (χ4n) is 4.36. The Labute approximate surface area is 146 Å². The second kappa shape index (κ2) is 6.28. The number of likely N-dealkylation sites (tertiary alicyclic amines) is 1. The van der Waals surface area contributed by atoms with Gasteiger partial charge in [-0.05, 0) is 31.7 Å². The largest absolute Gasteiger partial charge is 0.393 e. The number of nitrogens with zero attached hydrogens (tertiary/aromatic N) is 2. The number of aliphatic hydroxyl groups is 1. The molecule has 6 heteroatoms. The Morgan fingerprint density at radius 1 is 1.40 bits per heavy atom. The standard InChI is InChI=1S/C19H23N3O3/c1-25-19-7-6-13(23)12-16(19)22(11-8-19)18(24)15-5-3-2-4-14(15)17-20-9-10-21-17/h2-5,9-10,13,16,23H,6-8,11-12H2,1H3,(H,20,21)/t13-,16-,19+/m0/s1. The molecule has 2 fully saturated rings. The summed E-state index contributed by atoms with van der Waals surface area (Å²) in [6, 6.07) is 7.43. The summed E-state index contributed by atoms with van der Waals surface area (Å²) in [6.45, 7) is 0.649. The van der Waals surface area contributed by atoms with Gasteiger partial charge in [-0.1, -0.05) is 18.2 Å². The van der Waals surface area contributed by atoms with Gasteiger partial charge in [0.25, 0.3) is 5.91 Å². The average molecular weight is 341 g/mol. The van der Waals surface area contributed by atoms with Gasteiger partial charge in [0.05, 0.1) is 23.3 Å². The van der Waals surface area contributed by atoms with Gasteiger partial charge >= 0.3 is 0 Å². The lowest BCUT2D eigenvalue weighted by atomic mass is 9.79. The Hall–Kier alpha value is -2.18. The van der Waals surface area contributed by atoms with E-state index in [-0.39, 0.29) is 23.7 Å². The molecule has 3 atom stereocenters. The molecule has 1 saturated heterocycles. The molecule has 0 radical (unpaired) electrons. The first-order valence-corrected chi connectivity index (χ1v) is 8.77. The first-order chi connectivity index (χ1) is 12.1. The lowest BCUT2D eigenvalue weighted by Crippen LogP contribution is -2.52. The van der Waals surface area contributed by atoms with Crippen molar-refractivity contribution < 1.29 is 14.6 Å². The van der Waals surface area contributed by atoms with Crippen LogP contribution in [0.1, 0.15) is 36.0 Å². The quantitative estimate of drug-likeness (QED) is 0.897. The van der Waals surface area contributed by atoms with Crippen molar-refractivity contribution in [1.82, 2.24) is 14.9 Å². The van der Waals surface area contributed by atoms with E-state index in [9.17, 15) is 9.90 Å². The Kier molecular flexibility index (Phi) is 4.09. The zero-order valence-corrected chi connectivity index (χ0v) is 14.3. The predicted molar refractivity (Wildman–Crippen MR) is 93.1 cm³/mol. The average Bonchev–Trinajstić information content (AvgIpc) is 3.29. The number of hydrogen-bond donors (Lipinski definition) is 2. The van der Waals surface area contributed by atoms with E-state index in [1.807, 2.05) is 29.2 Å². The molecule has 1 amide bonds. The van der Waals surface area contributed by atoms with Crippen LogP contribution in [0, 0.1) is 0 Å². The third-order valence-electron chi connectivity index (χ3n) is 5.73. The molecule has 2 heterocycles. The van der Waals surface area contributed by atoms with Gasteiger partial charge < -0.3 is 19.7 Å². The van der Waals surface area contributed by atoms with Crippen molar-refractivity contribution in [1.29, 1.82) is 0 Å². The van der Waals surface area contributed by atoms with E-state index in [1.54, 1.807) is 19.5 Å². The number of fused-ring (bicyclic) bond motifs is 1. The highest BCUT2D eigenvalue weighted by Gasteiger charge is 2.52. The topological polar surface area (TPSA) is 78.5 Å². The van der Waals surface area contributed by atoms with Crippen LogP contribution in [0.5, 0.6) is 0 Å². The Morgan fingerprint density at radius 2 is 2.24 bits per heavy atom. The predicted octanol–water partition coefficient (Wildman–Crippen LogP) is 2.22. The molecular formula is C19H23N3O3. The smallest absolute Gasteiger partial charge is 0.254 e. The Bertz CT molecular complexity index is 761. The third kappa shape index (κ3) is 2.65. The molecule has 2 aromatic rings. The molecule has 0 bridgehead atoms. The van der Waals surface area contributed by atoms with Gasteiger partial charge in [-0.2, -0.15) is 0 Å². The van der Waals surface area contributed by atoms with E-state index in [0.29, 0.717) is 24.4 Å². The van der Waals surface area contributed by atoms with E-state index in [2.05, 4.69) is 9.97 Å². The molecule has 25 heavy (non-hydrogen) atoms. The van der Waals surface area contributed by atoms with Crippen LogP contribution in [0.15, 0.2) is 36.7 Å². The van der Waals surface area contributed by atoms with Crippen LogP contribution in [0.2, 0.25) is 0 Å². The van der Waals surface area contributed by atoms with Gasteiger partial charge in [-0.25, -0.2) is 4.98 Å². The molecule has 2 aliphatic rings. The number of ether oxygens (including phenoxy) is 1. The van der Waals surface area contributed by atoms with Crippen LogP contribution >= 0.6 is 0 Å². The van der Waals surface area contributed by atoms with Crippen molar-refractivity contribution in [2.45, 2.75) is 43.4 Å². The second-order valence-electron chi connectivity index (χ2n) is 6.94. The maximum absolute atomic E-state index is 13.3. The zero-order valence-electron chi connectivity index (χ0n) is 14.3. The Morgan fingerprint density at radius 3 is 3.00 bits per heavy atom. The maximum Gasteiger partial charge on any atom is 0.254 e. The summed E-state index contributed by atoms with van der Waals surface area (Å²) in [7, 11) is 1.72. The molecule has 1 aliphatic carbocycles. The van der Waals surface area contributed by atoms with E-state index >= 15 is 0 Å². The molecular weight excluding hydrogens is 318 g/mol. The second-order valence-corrected chi connectivity index (χ2v) is 6.94. The number of nitrogens with one attached hydrogen (secondary N) is 1. The first-order valence-electron chi connectivity index (χ1n) is 8.77. The summed E-state index contributed by atoms with van der Waals surface area (Å²) < 4.78 is 5.85. The van der Waals surface area contributed by atoms with Crippen molar-refractivity contribution in [3.63, 3.8) is 0 Å². The molecule has 0 spiro atoms. The van der Waals surface area contributed by atoms with Gasteiger partial charge in [0.1, 0.15) is 5.82 Å². The van der Waals surface area contributed by atoms with Crippen molar-refractivity contribution in [3.8, 4) is 11.4 Å². The highest BCUT2D eigenvalue weighted by Crippen LogP contribution is 2.43. The first kappa shape index (κ1) is 16.3. The van der Waals surface area contributed by atoms with E-state index in [1.165, 1.54) is 0 Å². The number of hydrogen-bond acceptors (Lipinski definition) is 4. The van der Waals surface area contributed by atoms with Crippen LogP contribution in [0.25, 0.3) is 11.4 Å². The number of carbonyl (C=O) groups excluding carboxylic acids is 1. The minimum atomic E-state index is -0.373. The highest BCUT2D eigenvalue weighted by atomic mass is 16.5. The fourth-order valence-corrected chi connectivity index (χ4v) is 4.36. The SMILES string of the molecule is CO[C@@]12CC[C@H](O)C[C@@H]1N(C(=O)c1ccccc1-c1ncc[nH]1)CC2. The van der Waals surface area contributed by atoms with E-state index in [4.69, 9.17) is 4.74 Å². The zero-order chi connectivity index (χ0) is 17.4. The van der Waals surface area contributed by atoms with Crippen molar-refractivity contribution >= 4 is 5.91 Å². The summed E-state index contributed by atoms with van der Waals surface area (Å²) in [5.74, 6) is 0.662. The number of aliphatic hydroxyl groups excluding tert-OH is 1. The molecule has 1 aliphatic heterocycles. The number of carbonyl (C=O) groups is 1. The van der Waals surface area contributed by atoms with Crippen LogP contribution in [-0.4, -0.2) is 57.3 Å². The van der Waals surface area contributed by atoms with Crippen LogP contribution in [0.3, 0.4) is 0 Å². The molecule has 4 rings (SSSR count). The summed E-state index contributed by atoms with van der Waals surface area (Å²) in [5.41, 5.74) is 1.10. The molecule has 1 aromatic carbocycles. The normalized spacial score (nSPS) is 28.8. The number of aromatic nitrogens is 2. The third-order valence-corrected chi connectivity index (χ3v) is 5.73. The van der Waals surface area contributed by atoms with E-state index < -0.39 is 0 Å². The number of methoxy groups -OCH3 is 1. The number of amides is 1. The number of aromatic amines is 1. The molecule has 6 nitrogen and oxygen atoms in total. The van der Waals surface area contributed by atoms with Crippen LogP contribution in [0.4, 0.5) is 0 Å². The maximum atomic E-state index is 13.3. The molecule has 1 saturated carbocycles. The number of H-pyrrole nitrogens is 1. The lowest BCUT2D eigenvalue weighted by molar-refractivity contribution is -0.0824. The van der Waals surface area contributed by atoms with Gasteiger partial charge in [0.2, 0.25) is 0 Å². The summed E-state index contributed by atoms with van der Waals surface area (Å²) in [4.78, 5) is 22.6. The van der Waals surface area contributed by atoms with Gasteiger partial charge in [-0.15, -0.1) is 0 Å². The van der Waals surface area contributed by atoms with Gasteiger partial charge in [0, 0.05) is 31.6 Å². The summed E-state index contributed by atoms with van der Waals surface area (Å²) in [5, 5.41) is 10.1. The fraction of sp³-hybridized carbons (Fsp3) is 0.474. The minimum Gasteiger partial charge on any atom is -0.393 e. The van der Waals surface area contributed by atoms with Crippen molar-refractivity contribution in [3.05, 3.63) is 42.2 Å². The van der Waals surface area contributed by atoms with Crippen LogP contribution in [-0.2, 0) is 4.74 Å². The number of rotatable bonds is 3. The molecule has 1 aromatic heterocycles. The van der Waals surface area contributed by atoms with Crippen LogP contribution < -0.4 is 0 Å². The van der Waals surface area contributed by atoms with E-state index in [0.717, 1.165) is 24.8 Å². The van der Waals surface area contributed by atoms with Gasteiger partial charge in [-0.3, -0.25) is 4.79 Å². The van der Waals surface area contributed by atoms with Crippen molar-refractivity contribution in [2.24, 2.45) is 0 Å². The lowest BCUT2D eigenvalue weighted by Gasteiger charge is -2.42. The minimum absolute atomic E-state index is 0.0231. The summed E-state index contributed by atoms with van der Waals surface area (Å²) >= 11 is 0. The molecule has 2 N–H and O–H groups in total.